The Hall–Kier alpha value is -3.52. The Morgan fingerprint density at radius 2 is 1.59 bits per heavy atom. The maximum absolute atomic E-state index is 12.3. The van der Waals surface area contributed by atoms with Crippen LogP contribution in [0.4, 0.5) is 11.4 Å². The van der Waals surface area contributed by atoms with Crippen molar-refractivity contribution in [2.45, 2.75) is 20.0 Å². The number of carbonyl (C=O) groups is 3. The fourth-order valence-corrected chi connectivity index (χ4v) is 3.23. The summed E-state index contributed by atoms with van der Waals surface area (Å²) in [6.45, 7) is 2.90. The van der Waals surface area contributed by atoms with Gasteiger partial charge in [-0.1, -0.05) is 30.3 Å². The van der Waals surface area contributed by atoms with Gasteiger partial charge in [0.2, 0.25) is 5.91 Å². The normalized spacial score (nSPS) is 11.4. The minimum absolute atomic E-state index is 0.160. The first-order valence-electron chi connectivity index (χ1n) is 8.83. The number of hydrogen-bond acceptors (Lipinski definition) is 6. The first kappa shape index (κ1) is 20.2. The summed E-state index contributed by atoms with van der Waals surface area (Å²) < 4.78 is 5.23. The third-order valence-corrected chi connectivity index (χ3v) is 4.75. The van der Waals surface area contributed by atoms with Crippen LogP contribution in [0.15, 0.2) is 60.0 Å². The number of aromatic nitrogens is 1. The molecule has 0 aliphatic carbocycles. The Labute approximate surface area is 171 Å². The predicted molar refractivity (Wildman–Crippen MR) is 112 cm³/mol. The van der Waals surface area contributed by atoms with Crippen LogP contribution in [0.2, 0.25) is 0 Å². The molecular formula is C21H19N3O4S. The summed E-state index contributed by atoms with van der Waals surface area (Å²) in [7, 11) is 0. The number of hydrogen-bond donors (Lipinski definition) is 2. The molecular weight excluding hydrogens is 390 g/mol. The molecule has 0 aliphatic heterocycles. The minimum Gasteiger partial charge on any atom is -0.448 e. The molecule has 8 heteroatoms. The maximum atomic E-state index is 12.3. The zero-order chi connectivity index (χ0) is 20.8. The van der Waals surface area contributed by atoms with Crippen LogP contribution >= 0.6 is 11.3 Å². The number of nitrogens with zero attached hydrogens (tertiary/aromatic N) is 1. The number of rotatable bonds is 6. The molecule has 29 heavy (non-hydrogen) atoms. The first-order valence-corrected chi connectivity index (χ1v) is 9.71. The standard InChI is InChI=1S/C21H19N3O4S/c1-13(19(26)23-17-10-8-16(9-11-17)22-14(2)25)28-21(27)18-12-29-20(24-18)15-6-4-3-5-7-15/h3-13H,1-2H3,(H,22,25)(H,23,26)/t13-/m0/s1. The molecule has 0 spiro atoms. The van der Waals surface area contributed by atoms with E-state index >= 15 is 0 Å². The molecule has 148 valence electrons. The Bertz CT molecular complexity index is 1020. The number of ether oxygens (including phenoxy) is 1. The summed E-state index contributed by atoms with van der Waals surface area (Å²) in [5.41, 5.74) is 2.21. The fourth-order valence-electron chi connectivity index (χ4n) is 2.44. The van der Waals surface area contributed by atoms with Gasteiger partial charge in [0, 0.05) is 29.2 Å². The van der Waals surface area contributed by atoms with Gasteiger partial charge in [-0.25, -0.2) is 9.78 Å². The number of amides is 2. The monoisotopic (exact) mass is 409 g/mol. The van der Waals surface area contributed by atoms with E-state index in [-0.39, 0.29) is 11.6 Å². The molecule has 1 heterocycles. The first-order chi connectivity index (χ1) is 13.9. The van der Waals surface area contributed by atoms with Crippen LogP contribution in [0.5, 0.6) is 0 Å². The molecule has 3 rings (SSSR count). The van der Waals surface area contributed by atoms with Gasteiger partial charge < -0.3 is 15.4 Å². The third kappa shape index (κ3) is 5.49. The predicted octanol–water partition coefficient (Wildman–Crippen LogP) is 3.95. The smallest absolute Gasteiger partial charge is 0.358 e. The quantitative estimate of drug-likeness (QED) is 0.601. The summed E-state index contributed by atoms with van der Waals surface area (Å²) in [5.74, 6) is -1.31. The molecule has 0 unspecified atom stereocenters. The number of benzene rings is 2. The molecule has 0 fully saturated rings. The Balaban J connectivity index is 1.57. The molecule has 0 saturated carbocycles. The average molecular weight is 409 g/mol. The lowest BCUT2D eigenvalue weighted by molar-refractivity contribution is -0.123. The van der Waals surface area contributed by atoms with Crippen molar-refractivity contribution in [2.24, 2.45) is 0 Å². The lowest BCUT2D eigenvalue weighted by atomic mass is 10.2. The van der Waals surface area contributed by atoms with Gasteiger partial charge in [-0.15, -0.1) is 11.3 Å². The third-order valence-electron chi connectivity index (χ3n) is 3.86. The van der Waals surface area contributed by atoms with Gasteiger partial charge in [-0.05, 0) is 31.2 Å². The number of anilines is 2. The number of thiazole rings is 1. The van der Waals surface area contributed by atoms with Gasteiger partial charge in [0.25, 0.3) is 5.91 Å². The van der Waals surface area contributed by atoms with Crippen LogP contribution in [0.25, 0.3) is 10.6 Å². The Morgan fingerprint density at radius 1 is 0.966 bits per heavy atom. The highest BCUT2D eigenvalue weighted by Crippen LogP contribution is 2.23. The highest BCUT2D eigenvalue weighted by molar-refractivity contribution is 7.13. The van der Waals surface area contributed by atoms with Crippen LogP contribution in [0.1, 0.15) is 24.3 Å². The zero-order valence-corrected chi connectivity index (χ0v) is 16.7. The van der Waals surface area contributed by atoms with E-state index in [1.165, 1.54) is 25.2 Å². The van der Waals surface area contributed by atoms with Crippen LogP contribution in [0, 0.1) is 0 Å². The van der Waals surface area contributed by atoms with Crippen molar-refractivity contribution in [3.05, 3.63) is 65.7 Å². The Kier molecular flexibility index (Phi) is 6.36. The molecule has 0 saturated heterocycles. The van der Waals surface area contributed by atoms with Gasteiger partial charge in [-0.2, -0.15) is 0 Å². The van der Waals surface area contributed by atoms with Crippen LogP contribution in [0.3, 0.4) is 0 Å². The maximum Gasteiger partial charge on any atom is 0.358 e. The van der Waals surface area contributed by atoms with Gasteiger partial charge in [0.05, 0.1) is 0 Å². The molecule has 7 nitrogen and oxygen atoms in total. The summed E-state index contributed by atoms with van der Waals surface area (Å²) in [6.07, 6.45) is -1.00. The van der Waals surface area contributed by atoms with Crippen molar-refractivity contribution in [1.29, 1.82) is 0 Å². The lowest BCUT2D eigenvalue weighted by Crippen LogP contribution is -2.30. The molecule has 2 N–H and O–H groups in total. The van der Waals surface area contributed by atoms with Crippen molar-refractivity contribution >= 4 is 40.5 Å². The van der Waals surface area contributed by atoms with Gasteiger partial charge >= 0.3 is 5.97 Å². The summed E-state index contributed by atoms with van der Waals surface area (Å²) in [5, 5.41) is 7.61. The van der Waals surface area contributed by atoms with Gasteiger partial charge in [0.15, 0.2) is 11.8 Å². The second kappa shape index (κ2) is 9.11. The van der Waals surface area contributed by atoms with E-state index in [2.05, 4.69) is 15.6 Å². The summed E-state index contributed by atoms with van der Waals surface area (Å²) in [4.78, 5) is 39.9. The van der Waals surface area contributed by atoms with Crippen LogP contribution in [-0.2, 0) is 14.3 Å². The van der Waals surface area contributed by atoms with Crippen molar-refractivity contribution < 1.29 is 19.1 Å². The highest BCUT2D eigenvalue weighted by Gasteiger charge is 2.21. The van der Waals surface area contributed by atoms with E-state index in [0.717, 1.165) is 5.56 Å². The van der Waals surface area contributed by atoms with E-state index in [0.29, 0.717) is 16.4 Å². The second-order valence-electron chi connectivity index (χ2n) is 6.20. The second-order valence-corrected chi connectivity index (χ2v) is 7.06. The number of carbonyl (C=O) groups excluding carboxylic acids is 3. The van der Waals surface area contributed by atoms with E-state index < -0.39 is 18.0 Å². The van der Waals surface area contributed by atoms with E-state index in [1.807, 2.05) is 30.3 Å². The van der Waals surface area contributed by atoms with E-state index in [9.17, 15) is 14.4 Å². The SMILES string of the molecule is CC(=O)Nc1ccc(NC(=O)[C@H](C)OC(=O)c2csc(-c3ccccc3)n2)cc1. The molecule has 1 aromatic heterocycles. The largest absolute Gasteiger partial charge is 0.448 e. The highest BCUT2D eigenvalue weighted by atomic mass is 32.1. The molecule has 1 atom stereocenters. The average Bonchev–Trinajstić information content (AvgIpc) is 3.20. The lowest BCUT2D eigenvalue weighted by Gasteiger charge is -2.13. The van der Waals surface area contributed by atoms with E-state index in [4.69, 9.17) is 4.74 Å². The molecule has 0 radical (unpaired) electrons. The van der Waals surface area contributed by atoms with Crippen molar-refractivity contribution in [3.8, 4) is 10.6 Å². The summed E-state index contributed by atoms with van der Waals surface area (Å²) in [6, 6.07) is 16.1. The van der Waals surface area contributed by atoms with Gasteiger partial charge in [-0.3, -0.25) is 9.59 Å². The van der Waals surface area contributed by atoms with Crippen LogP contribution in [-0.4, -0.2) is 28.9 Å². The van der Waals surface area contributed by atoms with E-state index in [1.54, 1.807) is 29.6 Å². The summed E-state index contributed by atoms with van der Waals surface area (Å²) >= 11 is 1.33. The van der Waals surface area contributed by atoms with Crippen molar-refractivity contribution in [2.75, 3.05) is 10.6 Å². The number of nitrogens with one attached hydrogen (secondary N) is 2. The van der Waals surface area contributed by atoms with Crippen molar-refractivity contribution in [3.63, 3.8) is 0 Å². The fraction of sp³-hybridized carbons (Fsp3) is 0.143. The Morgan fingerprint density at radius 3 is 2.21 bits per heavy atom. The molecule has 2 amide bonds. The molecule has 2 aromatic carbocycles. The molecule has 0 aliphatic rings. The zero-order valence-electron chi connectivity index (χ0n) is 15.8. The molecule has 3 aromatic rings. The minimum atomic E-state index is -1.00. The van der Waals surface area contributed by atoms with Gasteiger partial charge in [0.1, 0.15) is 5.01 Å². The van der Waals surface area contributed by atoms with Crippen molar-refractivity contribution in [1.82, 2.24) is 4.98 Å². The topological polar surface area (TPSA) is 97.4 Å². The van der Waals surface area contributed by atoms with Crippen LogP contribution < -0.4 is 10.6 Å². The molecule has 0 bridgehead atoms. The number of esters is 1.